The molecule has 0 aromatic heterocycles. The van der Waals surface area contributed by atoms with Crippen molar-refractivity contribution < 1.29 is 19.8 Å². The van der Waals surface area contributed by atoms with Gasteiger partial charge >= 0.3 is 5.97 Å². The highest BCUT2D eigenvalue weighted by Gasteiger charge is 2.11. The number of amides is 1. The van der Waals surface area contributed by atoms with Crippen LogP contribution in [0, 0.1) is 0 Å². The molecule has 6 nitrogen and oxygen atoms in total. The van der Waals surface area contributed by atoms with E-state index in [1.807, 2.05) is 0 Å². The lowest BCUT2D eigenvalue weighted by atomic mass is 10.1. The van der Waals surface area contributed by atoms with E-state index in [1.54, 1.807) is 24.3 Å². The summed E-state index contributed by atoms with van der Waals surface area (Å²) < 4.78 is 0. The number of anilines is 2. The van der Waals surface area contributed by atoms with Gasteiger partial charge in [-0.05, 0) is 29.8 Å². The van der Waals surface area contributed by atoms with Crippen LogP contribution < -0.4 is 11.1 Å². The first-order chi connectivity index (χ1) is 9.95. The molecule has 108 valence electrons. The van der Waals surface area contributed by atoms with E-state index >= 15 is 0 Å². The Labute approximate surface area is 120 Å². The maximum absolute atomic E-state index is 11.9. The zero-order chi connectivity index (χ0) is 15.4. The number of nitrogen functional groups attached to an aromatic ring is 1. The third kappa shape index (κ3) is 3.73. The fraction of sp³-hybridized carbons (Fsp3) is 0.0667. The quantitative estimate of drug-likeness (QED) is 0.641. The predicted octanol–water partition coefficient (Wildman–Crippen LogP) is 1.85. The van der Waals surface area contributed by atoms with Gasteiger partial charge in [-0.3, -0.25) is 4.79 Å². The molecule has 0 spiro atoms. The van der Waals surface area contributed by atoms with Gasteiger partial charge in [-0.15, -0.1) is 0 Å². The Morgan fingerprint density at radius 2 is 1.76 bits per heavy atom. The Hall–Kier alpha value is -3.02. The van der Waals surface area contributed by atoms with E-state index in [0.29, 0.717) is 11.4 Å². The number of aromatic carboxylic acids is 1. The van der Waals surface area contributed by atoms with Crippen LogP contribution in [0.5, 0.6) is 5.75 Å². The van der Waals surface area contributed by atoms with E-state index in [4.69, 9.17) is 10.8 Å². The van der Waals surface area contributed by atoms with Gasteiger partial charge in [0, 0.05) is 17.4 Å². The van der Waals surface area contributed by atoms with Crippen molar-refractivity contribution in [3.05, 3.63) is 53.6 Å². The Kier molecular flexibility index (Phi) is 4.08. The van der Waals surface area contributed by atoms with Gasteiger partial charge in [-0.25, -0.2) is 4.79 Å². The number of carboxylic acids is 1. The molecular formula is C15H14N2O4. The zero-order valence-corrected chi connectivity index (χ0v) is 11.0. The van der Waals surface area contributed by atoms with Crippen LogP contribution in [-0.2, 0) is 11.2 Å². The number of phenols is 1. The van der Waals surface area contributed by atoms with Crippen molar-refractivity contribution in [2.24, 2.45) is 0 Å². The maximum Gasteiger partial charge on any atom is 0.339 e. The van der Waals surface area contributed by atoms with Crippen LogP contribution >= 0.6 is 0 Å². The molecule has 21 heavy (non-hydrogen) atoms. The minimum atomic E-state index is -1.23. The van der Waals surface area contributed by atoms with Crippen molar-refractivity contribution in [3.8, 4) is 5.75 Å². The highest BCUT2D eigenvalue weighted by Crippen LogP contribution is 2.22. The van der Waals surface area contributed by atoms with Crippen molar-refractivity contribution in [2.75, 3.05) is 11.1 Å². The molecule has 0 fully saturated rings. The summed E-state index contributed by atoms with van der Waals surface area (Å²) in [5.74, 6) is -1.90. The van der Waals surface area contributed by atoms with Crippen LogP contribution in [0.15, 0.2) is 42.5 Å². The van der Waals surface area contributed by atoms with Gasteiger partial charge in [0.15, 0.2) is 0 Å². The number of nitrogens with one attached hydrogen (secondary N) is 1. The molecule has 1 amide bonds. The molecule has 2 aromatic rings. The molecule has 0 saturated carbocycles. The fourth-order valence-corrected chi connectivity index (χ4v) is 1.82. The molecule has 0 bridgehead atoms. The predicted molar refractivity (Wildman–Crippen MR) is 78.3 cm³/mol. The molecule has 0 heterocycles. The minimum Gasteiger partial charge on any atom is -0.507 e. The highest BCUT2D eigenvalue weighted by molar-refractivity contribution is 5.95. The third-order valence-electron chi connectivity index (χ3n) is 2.86. The van der Waals surface area contributed by atoms with Crippen molar-refractivity contribution in [1.82, 2.24) is 0 Å². The largest absolute Gasteiger partial charge is 0.507 e. The molecule has 0 aliphatic carbocycles. The van der Waals surface area contributed by atoms with Crippen molar-refractivity contribution in [2.45, 2.75) is 6.42 Å². The summed E-state index contributed by atoms with van der Waals surface area (Å²) in [6, 6.07) is 10.8. The fourth-order valence-electron chi connectivity index (χ4n) is 1.82. The molecule has 2 rings (SSSR count). The first-order valence-corrected chi connectivity index (χ1v) is 6.16. The van der Waals surface area contributed by atoms with E-state index in [1.165, 1.54) is 18.2 Å². The van der Waals surface area contributed by atoms with Gasteiger partial charge in [-0.2, -0.15) is 0 Å². The summed E-state index contributed by atoms with van der Waals surface area (Å²) in [6.07, 6.45) is 0.154. The number of rotatable bonds is 4. The van der Waals surface area contributed by atoms with E-state index in [0.717, 1.165) is 5.56 Å². The standard InChI is InChI=1S/C15H14N2O4/c16-10-3-1-9(2-4-10)7-14(19)17-11-5-6-12(15(20)21)13(18)8-11/h1-6,8,18H,7,16H2,(H,17,19)(H,20,21). The summed E-state index contributed by atoms with van der Waals surface area (Å²) in [6.45, 7) is 0. The number of nitrogens with two attached hydrogens (primary N) is 1. The summed E-state index contributed by atoms with van der Waals surface area (Å²) in [5.41, 5.74) is 7.09. The highest BCUT2D eigenvalue weighted by atomic mass is 16.4. The van der Waals surface area contributed by atoms with Gasteiger partial charge in [0.25, 0.3) is 0 Å². The van der Waals surface area contributed by atoms with Crippen LogP contribution in [0.4, 0.5) is 11.4 Å². The monoisotopic (exact) mass is 286 g/mol. The lowest BCUT2D eigenvalue weighted by Crippen LogP contribution is -2.14. The van der Waals surface area contributed by atoms with Crippen molar-refractivity contribution in [3.63, 3.8) is 0 Å². The van der Waals surface area contributed by atoms with Crippen LogP contribution in [0.2, 0.25) is 0 Å². The zero-order valence-electron chi connectivity index (χ0n) is 11.0. The Bertz CT molecular complexity index is 681. The summed E-state index contributed by atoms with van der Waals surface area (Å²) in [4.78, 5) is 22.6. The molecule has 0 atom stereocenters. The Morgan fingerprint density at radius 3 is 2.33 bits per heavy atom. The summed E-state index contributed by atoms with van der Waals surface area (Å²) >= 11 is 0. The van der Waals surface area contributed by atoms with Gasteiger partial charge < -0.3 is 21.3 Å². The molecule has 6 heteroatoms. The van der Waals surface area contributed by atoms with Crippen molar-refractivity contribution >= 4 is 23.3 Å². The summed E-state index contributed by atoms with van der Waals surface area (Å²) in [7, 11) is 0. The second kappa shape index (κ2) is 5.96. The number of carboxylic acid groups (broad SMARTS) is 1. The molecule has 5 N–H and O–H groups in total. The molecular weight excluding hydrogens is 272 g/mol. The number of carbonyl (C=O) groups excluding carboxylic acids is 1. The normalized spacial score (nSPS) is 10.1. The molecule has 0 aliphatic rings. The molecule has 2 aromatic carbocycles. The van der Waals surface area contributed by atoms with Crippen LogP contribution in [0.3, 0.4) is 0 Å². The van der Waals surface area contributed by atoms with Gasteiger partial charge in [0.1, 0.15) is 11.3 Å². The number of hydrogen-bond donors (Lipinski definition) is 4. The van der Waals surface area contributed by atoms with Crippen LogP contribution in [-0.4, -0.2) is 22.1 Å². The van der Waals surface area contributed by atoms with E-state index < -0.39 is 11.7 Å². The SMILES string of the molecule is Nc1ccc(CC(=O)Nc2ccc(C(=O)O)c(O)c2)cc1. The Morgan fingerprint density at radius 1 is 1.10 bits per heavy atom. The van der Waals surface area contributed by atoms with Crippen molar-refractivity contribution in [1.29, 1.82) is 0 Å². The lowest BCUT2D eigenvalue weighted by molar-refractivity contribution is -0.115. The average Bonchev–Trinajstić information content (AvgIpc) is 2.41. The van der Waals surface area contributed by atoms with Crippen LogP contribution in [0.25, 0.3) is 0 Å². The number of aromatic hydroxyl groups is 1. The molecule has 0 unspecified atom stereocenters. The average molecular weight is 286 g/mol. The van der Waals surface area contributed by atoms with Crippen LogP contribution in [0.1, 0.15) is 15.9 Å². The van der Waals surface area contributed by atoms with Gasteiger partial charge in [-0.1, -0.05) is 12.1 Å². The first-order valence-electron chi connectivity index (χ1n) is 6.16. The second-order valence-corrected chi connectivity index (χ2v) is 4.50. The van der Waals surface area contributed by atoms with Gasteiger partial charge in [0.05, 0.1) is 6.42 Å². The van der Waals surface area contributed by atoms with E-state index in [9.17, 15) is 14.7 Å². The molecule has 0 saturated heterocycles. The van der Waals surface area contributed by atoms with E-state index in [-0.39, 0.29) is 17.9 Å². The van der Waals surface area contributed by atoms with E-state index in [2.05, 4.69) is 5.32 Å². The topological polar surface area (TPSA) is 113 Å². The van der Waals surface area contributed by atoms with Gasteiger partial charge in [0.2, 0.25) is 5.91 Å². The summed E-state index contributed by atoms with van der Waals surface area (Å²) in [5, 5.41) is 20.9. The number of hydrogen-bond acceptors (Lipinski definition) is 4. The lowest BCUT2D eigenvalue weighted by Gasteiger charge is -2.07. The number of carbonyl (C=O) groups is 2. The third-order valence-corrected chi connectivity index (χ3v) is 2.86. The minimum absolute atomic E-state index is 0.154. The molecule has 0 radical (unpaired) electrons. The first kappa shape index (κ1) is 14.4. The Balaban J connectivity index is 2.04. The molecule has 0 aliphatic heterocycles. The smallest absolute Gasteiger partial charge is 0.339 e. The maximum atomic E-state index is 11.9. The number of benzene rings is 2. The second-order valence-electron chi connectivity index (χ2n) is 4.50.